The molecule has 1 fully saturated rings. The third-order valence-electron chi connectivity index (χ3n) is 6.15. The number of hydrogen-bond donors (Lipinski definition) is 1. The monoisotopic (exact) mass is 487 g/mol. The summed E-state index contributed by atoms with van der Waals surface area (Å²) in [7, 11) is 4.48. The first kappa shape index (κ1) is 22.1. The zero-order valence-electron chi connectivity index (χ0n) is 18.4. The second-order valence-electron chi connectivity index (χ2n) is 8.00. The molecule has 1 aromatic carbocycles. The van der Waals surface area contributed by atoms with E-state index in [0.29, 0.717) is 24.1 Å². The van der Waals surface area contributed by atoms with E-state index in [-0.39, 0.29) is 33.1 Å². The second-order valence-corrected chi connectivity index (χ2v) is 8.94. The Bertz CT molecular complexity index is 1320. The van der Waals surface area contributed by atoms with Gasteiger partial charge in [0.2, 0.25) is 11.0 Å². The lowest BCUT2D eigenvalue weighted by atomic mass is 9.90. The number of nitrogens with one attached hydrogen (secondary N) is 1. The van der Waals surface area contributed by atoms with E-state index in [1.165, 1.54) is 31.4 Å². The molecule has 1 aliphatic carbocycles. The van der Waals surface area contributed by atoms with Crippen molar-refractivity contribution in [1.82, 2.24) is 15.2 Å². The summed E-state index contributed by atoms with van der Waals surface area (Å²) in [5.41, 5.74) is 1.07. The molecule has 34 heavy (non-hydrogen) atoms. The first-order valence-electron chi connectivity index (χ1n) is 10.3. The van der Waals surface area contributed by atoms with Crippen molar-refractivity contribution in [2.45, 2.75) is 24.7 Å². The molecule has 12 heteroatoms. The number of methoxy groups -OCH3 is 2. The molecule has 0 unspecified atom stereocenters. The quantitative estimate of drug-likeness (QED) is 0.563. The predicted molar refractivity (Wildman–Crippen MR) is 120 cm³/mol. The number of rotatable bonds is 6. The zero-order valence-corrected chi connectivity index (χ0v) is 19.2. The van der Waals surface area contributed by atoms with Gasteiger partial charge in [0.15, 0.2) is 0 Å². The van der Waals surface area contributed by atoms with Crippen LogP contribution in [0.4, 0.5) is 19.6 Å². The number of halogens is 2. The van der Waals surface area contributed by atoms with Gasteiger partial charge in [0.1, 0.15) is 11.4 Å². The minimum absolute atomic E-state index is 0.0465. The number of carbonyl (C=O) groups is 2. The average molecular weight is 487 g/mol. The molecule has 0 bridgehead atoms. The van der Waals surface area contributed by atoms with Gasteiger partial charge < -0.3 is 14.4 Å². The number of aromatic nitrogens is 3. The maximum absolute atomic E-state index is 13.5. The van der Waals surface area contributed by atoms with Crippen molar-refractivity contribution in [1.29, 1.82) is 0 Å². The van der Waals surface area contributed by atoms with Crippen molar-refractivity contribution in [3.05, 3.63) is 41.2 Å². The summed E-state index contributed by atoms with van der Waals surface area (Å²) in [6.45, 7) is 0. The summed E-state index contributed by atoms with van der Waals surface area (Å²) >= 11 is 1.03. The molecule has 2 amide bonds. The highest BCUT2D eigenvalue weighted by Crippen LogP contribution is 2.58. The maximum Gasteiger partial charge on any atom is 0.295 e. The number of ether oxygens (including phenoxy) is 2. The Morgan fingerprint density at radius 2 is 1.94 bits per heavy atom. The Hall–Kier alpha value is -3.67. The minimum Gasteiger partial charge on any atom is -0.494 e. The van der Waals surface area contributed by atoms with Crippen LogP contribution < -0.4 is 19.7 Å². The van der Waals surface area contributed by atoms with Crippen molar-refractivity contribution < 1.29 is 27.8 Å². The standard InChI is InChI=1S/C22H19F2N5O4S/c1-29-15-8-12(18(30)26-20-27-28-21(33-3)34-20)10(6-13(15)22(4-5-22)19(29)31)11-7-14(17(23)24)25-9-16(11)32-2/h6-9,17H,4-5H2,1-3H3,(H,26,27,30). The van der Waals surface area contributed by atoms with Crippen LogP contribution in [0.25, 0.3) is 11.1 Å². The first-order chi connectivity index (χ1) is 16.3. The van der Waals surface area contributed by atoms with Crippen LogP contribution in [-0.4, -0.2) is 48.3 Å². The molecule has 1 aliphatic heterocycles. The van der Waals surface area contributed by atoms with E-state index in [4.69, 9.17) is 9.47 Å². The Balaban J connectivity index is 1.69. The van der Waals surface area contributed by atoms with Crippen LogP contribution in [0, 0.1) is 0 Å². The van der Waals surface area contributed by atoms with Gasteiger partial charge in [0.25, 0.3) is 17.5 Å². The molecule has 1 N–H and O–H groups in total. The fourth-order valence-electron chi connectivity index (χ4n) is 4.27. The van der Waals surface area contributed by atoms with E-state index >= 15 is 0 Å². The first-order valence-corrected chi connectivity index (χ1v) is 11.1. The maximum atomic E-state index is 13.5. The Labute approximate surface area is 196 Å². The largest absolute Gasteiger partial charge is 0.494 e. The van der Waals surface area contributed by atoms with Crippen LogP contribution in [0.2, 0.25) is 0 Å². The van der Waals surface area contributed by atoms with Gasteiger partial charge in [-0.15, -0.1) is 5.10 Å². The molecule has 3 heterocycles. The number of hydrogen-bond acceptors (Lipinski definition) is 8. The summed E-state index contributed by atoms with van der Waals surface area (Å²) in [5, 5.41) is 10.8. The number of nitrogens with zero attached hydrogens (tertiary/aromatic N) is 4. The minimum atomic E-state index is -2.81. The van der Waals surface area contributed by atoms with Crippen LogP contribution in [0.15, 0.2) is 24.4 Å². The van der Waals surface area contributed by atoms with Gasteiger partial charge in [-0.25, -0.2) is 8.78 Å². The van der Waals surface area contributed by atoms with Gasteiger partial charge in [0.05, 0.1) is 25.8 Å². The van der Waals surface area contributed by atoms with Gasteiger partial charge >= 0.3 is 0 Å². The van der Waals surface area contributed by atoms with Crippen molar-refractivity contribution >= 4 is 34.0 Å². The lowest BCUT2D eigenvalue weighted by molar-refractivity contribution is -0.119. The van der Waals surface area contributed by atoms with Gasteiger partial charge in [-0.1, -0.05) is 5.10 Å². The number of amides is 2. The molecule has 0 atom stereocenters. The molecular formula is C22H19F2N5O4S. The van der Waals surface area contributed by atoms with Crippen LogP contribution >= 0.6 is 11.3 Å². The predicted octanol–water partition coefficient (Wildman–Crippen LogP) is 3.82. The second kappa shape index (κ2) is 7.97. The van der Waals surface area contributed by atoms with Gasteiger partial charge in [0, 0.05) is 23.9 Å². The summed E-state index contributed by atoms with van der Waals surface area (Å²) in [6.07, 6.45) is -0.234. The van der Waals surface area contributed by atoms with E-state index in [1.54, 1.807) is 19.2 Å². The number of likely N-dealkylation sites (N-methyl/N-ethyl adjacent to an activating group) is 1. The lowest BCUT2D eigenvalue weighted by Crippen LogP contribution is -2.28. The number of fused-ring (bicyclic) bond motifs is 2. The highest BCUT2D eigenvalue weighted by Gasteiger charge is 2.58. The third kappa shape index (κ3) is 3.36. The number of anilines is 2. The van der Waals surface area contributed by atoms with Crippen LogP contribution in [0.1, 0.15) is 40.9 Å². The van der Waals surface area contributed by atoms with Crippen LogP contribution in [-0.2, 0) is 10.2 Å². The highest BCUT2D eigenvalue weighted by atomic mass is 32.1. The molecule has 3 aromatic rings. The highest BCUT2D eigenvalue weighted by molar-refractivity contribution is 7.17. The molecule has 176 valence electrons. The lowest BCUT2D eigenvalue weighted by Gasteiger charge is -2.17. The fourth-order valence-corrected chi connectivity index (χ4v) is 4.83. The molecule has 0 saturated heterocycles. The van der Waals surface area contributed by atoms with Crippen LogP contribution in [0.5, 0.6) is 10.9 Å². The van der Waals surface area contributed by atoms with E-state index in [1.807, 2.05) is 0 Å². The molecular weight excluding hydrogens is 468 g/mol. The van der Waals surface area contributed by atoms with Crippen molar-refractivity contribution in [2.24, 2.45) is 0 Å². The molecule has 1 spiro atoms. The molecule has 2 aromatic heterocycles. The molecule has 2 aliphatic rings. The van der Waals surface area contributed by atoms with E-state index in [2.05, 4.69) is 20.5 Å². The Morgan fingerprint density at radius 1 is 1.18 bits per heavy atom. The normalized spacial score (nSPS) is 15.6. The zero-order chi connectivity index (χ0) is 24.2. The third-order valence-corrected chi connectivity index (χ3v) is 6.95. The molecule has 9 nitrogen and oxygen atoms in total. The summed E-state index contributed by atoms with van der Waals surface area (Å²) in [5.74, 6) is -0.375. The number of carbonyl (C=O) groups excluding carboxylic acids is 2. The topological polar surface area (TPSA) is 107 Å². The van der Waals surface area contributed by atoms with Gasteiger partial charge in [-0.05, 0) is 53.5 Å². The average Bonchev–Trinajstić information content (AvgIpc) is 3.48. The van der Waals surface area contributed by atoms with Crippen molar-refractivity contribution in [3.8, 4) is 22.1 Å². The van der Waals surface area contributed by atoms with E-state index < -0.39 is 23.4 Å². The SMILES string of the molecule is COc1nnc(NC(=O)c2cc3c(cc2-c2cc(C(F)F)ncc2OC)C2(CC2)C(=O)N3C)s1. The summed E-state index contributed by atoms with van der Waals surface area (Å²) < 4.78 is 37.3. The van der Waals surface area contributed by atoms with Crippen LogP contribution in [0.3, 0.4) is 0 Å². The number of benzene rings is 1. The Morgan fingerprint density at radius 3 is 2.56 bits per heavy atom. The summed E-state index contributed by atoms with van der Waals surface area (Å²) in [6, 6.07) is 4.54. The molecule has 1 saturated carbocycles. The van der Waals surface area contributed by atoms with Crippen molar-refractivity contribution in [3.63, 3.8) is 0 Å². The number of alkyl halides is 2. The van der Waals surface area contributed by atoms with Gasteiger partial charge in [-0.3, -0.25) is 19.9 Å². The van der Waals surface area contributed by atoms with Gasteiger partial charge in [-0.2, -0.15) is 0 Å². The fraction of sp³-hybridized carbons (Fsp3) is 0.318. The summed E-state index contributed by atoms with van der Waals surface area (Å²) in [4.78, 5) is 31.6. The number of pyridine rings is 1. The molecule has 5 rings (SSSR count). The Kier molecular flexibility index (Phi) is 5.19. The molecule has 0 radical (unpaired) electrons. The van der Waals surface area contributed by atoms with E-state index in [9.17, 15) is 18.4 Å². The van der Waals surface area contributed by atoms with E-state index in [0.717, 1.165) is 16.9 Å². The smallest absolute Gasteiger partial charge is 0.295 e. The van der Waals surface area contributed by atoms with Crippen molar-refractivity contribution in [2.75, 3.05) is 31.5 Å².